The predicted molar refractivity (Wildman–Crippen MR) is 59.2 cm³/mol. The molecule has 0 saturated carbocycles. The average molecular weight is 221 g/mol. The molecule has 5 heteroatoms. The molecule has 0 spiro atoms. The highest BCUT2D eigenvalue weighted by molar-refractivity contribution is 5.77. The van der Waals surface area contributed by atoms with Crippen molar-refractivity contribution in [3.63, 3.8) is 0 Å². The molecule has 16 heavy (non-hydrogen) atoms. The molecule has 2 heterocycles. The maximum Gasteiger partial charge on any atom is 0.326 e. The number of nitrogens with zero attached hydrogens (tertiary/aromatic N) is 3. The Kier molecular flexibility index (Phi) is 3.03. The van der Waals surface area contributed by atoms with Crippen LogP contribution in [0.2, 0.25) is 0 Å². The number of anilines is 1. The van der Waals surface area contributed by atoms with Crippen LogP contribution in [0.25, 0.3) is 0 Å². The number of carbonyl (C=O) groups is 1. The Hall–Kier alpha value is -1.65. The lowest BCUT2D eigenvalue weighted by Gasteiger charge is -2.35. The smallest absolute Gasteiger partial charge is 0.326 e. The molecule has 2 atom stereocenters. The zero-order chi connectivity index (χ0) is 11.5. The third-order valence-corrected chi connectivity index (χ3v) is 2.96. The molecule has 0 aromatic carbocycles. The van der Waals surface area contributed by atoms with E-state index in [9.17, 15) is 9.90 Å². The van der Waals surface area contributed by atoms with Crippen LogP contribution < -0.4 is 4.90 Å². The number of carboxylic acid groups (broad SMARTS) is 1. The van der Waals surface area contributed by atoms with Gasteiger partial charge in [-0.3, -0.25) is 0 Å². The van der Waals surface area contributed by atoms with Crippen LogP contribution in [0.5, 0.6) is 0 Å². The van der Waals surface area contributed by atoms with E-state index < -0.39 is 12.0 Å². The average Bonchev–Trinajstić information content (AvgIpc) is 2.30. The minimum Gasteiger partial charge on any atom is -0.480 e. The minimum absolute atomic E-state index is 0.445. The molecule has 0 bridgehead atoms. The van der Waals surface area contributed by atoms with Gasteiger partial charge in [-0.25, -0.2) is 14.8 Å². The van der Waals surface area contributed by atoms with Gasteiger partial charge in [-0.1, -0.05) is 6.92 Å². The molecule has 2 rings (SSSR count). The summed E-state index contributed by atoms with van der Waals surface area (Å²) in [7, 11) is 0. The zero-order valence-electron chi connectivity index (χ0n) is 9.21. The van der Waals surface area contributed by atoms with Crippen LogP contribution in [0, 0.1) is 5.92 Å². The molecular weight excluding hydrogens is 206 g/mol. The van der Waals surface area contributed by atoms with Crippen molar-refractivity contribution >= 4 is 11.9 Å². The lowest BCUT2D eigenvalue weighted by molar-refractivity contribution is -0.139. The predicted octanol–water partition coefficient (Wildman–Crippen LogP) is 1.17. The van der Waals surface area contributed by atoms with E-state index in [1.807, 2.05) is 0 Å². The van der Waals surface area contributed by atoms with Gasteiger partial charge in [0.2, 0.25) is 5.95 Å². The van der Waals surface area contributed by atoms with Crippen LogP contribution in [-0.4, -0.2) is 33.6 Å². The maximum atomic E-state index is 11.2. The molecule has 0 aliphatic carbocycles. The number of rotatable bonds is 2. The van der Waals surface area contributed by atoms with Gasteiger partial charge in [0.05, 0.1) is 0 Å². The van der Waals surface area contributed by atoms with Crippen LogP contribution >= 0.6 is 0 Å². The van der Waals surface area contributed by atoms with Gasteiger partial charge in [-0.15, -0.1) is 0 Å². The van der Waals surface area contributed by atoms with Gasteiger partial charge in [0, 0.05) is 18.9 Å². The number of aromatic nitrogens is 2. The third-order valence-electron chi connectivity index (χ3n) is 2.96. The summed E-state index contributed by atoms with van der Waals surface area (Å²) in [4.78, 5) is 21.2. The lowest BCUT2D eigenvalue weighted by atomic mass is 9.93. The number of aliphatic carboxylic acids is 1. The van der Waals surface area contributed by atoms with E-state index in [2.05, 4.69) is 16.9 Å². The Morgan fingerprint density at radius 2 is 2.19 bits per heavy atom. The molecule has 2 unspecified atom stereocenters. The van der Waals surface area contributed by atoms with Crippen molar-refractivity contribution in [1.82, 2.24) is 9.97 Å². The Labute approximate surface area is 94.1 Å². The van der Waals surface area contributed by atoms with Crippen molar-refractivity contribution in [2.45, 2.75) is 25.8 Å². The first kappa shape index (κ1) is 10.9. The second-order valence-electron chi connectivity index (χ2n) is 4.23. The molecule has 0 radical (unpaired) electrons. The van der Waals surface area contributed by atoms with Crippen LogP contribution in [0.3, 0.4) is 0 Å². The minimum atomic E-state index is -0.793. The fraction of sp³-hybridized carbons (Fsp3) is 0.545. The van der Waals surface area contributed by atoms with Crippen LogP contribution in [0.15, 0.2) is 18.5 Å². The Morgan fingerprint density at radius 1 is 1.50 bits per heavy atom. The van der Waals surface area contributed by atoms with Crippen LogP contribution in [0.4, 0.5) is 5.95 Å². The highest BCUT2D eigenvalue weighted by Gasteiger charge is 2.32. The van der Waals surface area contributed by atoms with Gasteiger partial charge in [-0.05, 0) is 24.8 Å². The van der Waals surface area contributed by atoms with Gasteiger partial charge in [0.1, 0.15) is 6.04 Å². The molecule has 1 aromatic heterocycles. The summed E-state index contributed by atoms with van der Waals surface area (Å²) in [5, 5.41) is 9.19. The zero-order valence-corrected chi connectivity index (χ0v) is 9.21. The van der Waals surface area contributed by atoms with Gasteiger partial charge in [0.15, 0.2) is 0 Å². The summed E-state index contributed by atoms with van der Waals surface area (Å²) in [6, 6.07) is 1.23. The van der Waals surface area contributed by atoms with E-state index >= 15 is 0 Å². The summed E-state index contributed by atoms with van der Waals surface area (Å²) >= 11 is 0. The Balaban J connectivity index is 2.22. The second-order valence-corrected chi connectivity index (χ2v) is 4.23. The largest absolute Gasteiger partial charge is 0.480 e. The number of piperidine rings is 1. The highest BCUT2D eigenvalue weighted by Crippen LogP contribution is 2.25. The van der Waals surface area contributed by atoms with Gasteiger partial charge >= 0.3 is 5.97 Å². The second kappa shape index (κ2) is 4.47. The van der Waals surface area contributed by atoms with E-state index in [0.717, 1.165) is 6.42 Å². The summed E-state index contributed by atoms with van der Waals surface area (Å²) in [6.45, 7) is 2.79. The normalized spacial score (nSPS) is 25.4. The molecular formula is C11H15N3O2. The van der Waals surface area contributed by atoms with Crippen molar-refractivity contribution in [1.29, 1.82) is 0 Å². The quantitative estimate of drug-likeness (QED) is 0.811. The Morgan fingerprint density at radius 3 is 2.81 bits per heavy atom. The topological polar surface area (TPSA) is 66.3 Å². The van der Waals surface area contributed by atoms with E-state index in [4.69, 9.17) is 0 Å². The molecule has 1 N–H and O–H groups in total. The van der Waals surface area contributed by atoms with Crippen molar-refractivity contribution in [2.75, 3.05) is 11.4 Å². The van der Waals surface area contributed by atoms with E-state index in [-0.39, 0.29) is 0 Å². The monoisotopic (exact) mass is 221 g/mol. The molecule has 1 fully saturated rings. The molecule has 86 valence electrons. The number of hydrogen-bond acceptors (Lipinski definition) is 4. The first-order chi connectivity index (χ1) is 7.68. The van der Waals surface area contributed by atoms with Gasteiger partial charge in [0.25, 0.3) is 0 Å². The van der Waals surface area contributed by atoms with E-state index in [0.29, 0.717) is 24.8 Å². The maximum absolute atomic E-state index is 11.2. The molecule has 1 aromatic rings. The first-order valence-corrected chi connectivity index (χ1v) is 5.45. The molecule has 1 saturated heterocycles. The lowest BCUT2D eigenvalue weighted by Crippen LogP contribution is -2.47. The summed E-state index contributed by atoms with van der Waals surface area (Å²) < 4.78 is 0. The highest BCUT2D eigenvalue weighted by atomic mass is 16.4. The van der Waals surface area contributed by atoms with E-state index in [1.54, 1.807) is 23.4 Å². The number of carboxylic acids is 1. The van der Waals surface area contributed by atoms with Crippen molar-refractivity contribution < 1.29 is 9.90 Å². The standard InChI is InChI=1S/C11H15N3O2/c1-8-3-6-14(9(7-8)10(15)16)11-12-4-2-5-13-11/h2,4-5,8-9H,3,6-7H2,1H3,(H,15,16). The molecule has 1 aliphatic rings. The van der Waals surface area contributed by atoms with Crippen LogP contribution in [-0.2, 0) is 4.79 Å². The summed E-state index contributed by atoms with van der Waals surface area (Å²) in [6.07, 6.45) is 4.92. The van der Waals surface area contributed by atoms with Crippen molar-refractivity contribution in [2.24, 2.45) is 5.92 Å². The SMILES string of the molecule is CC1CCN(c2ncccn2)C(C(=O)O)C1. The van der Waals surface area contributed by atoms with E-state index in [1.165, 1.54) is 0 Å². The first-order valence-electron chi connectivity index (χ1n) is 5.45. The third kappa shape index (κ3) is 2.13. The number of hydrogen-bond donors (Lipinski definition) is 1. The fourth-order valence-electron chi connectivity index (χ4n) is 2.05. The van der Waals surface area contributed by atoms with Gasteiger partial charge < -0.3 is 10.0 Å². The fourth-order valence-corrected chi connectivity index (χ4v) is 2.05. The summed E-state index contributed by atoms with van der Waals surface area (Å²) in [5.74, 6) is 0.168. The van der Waals surface area contributed by atoms with Crippen LogP contribution in [0.1, 0.15) is 19.8 Å². The molecule has 0 amide bonds. The molecule has 1 aliphatic heterocycles. The summed E-state index contributed by atoms with van der Waals surface area (Å²) in [5.41, 5.74) is 0. The van der Waals surface area contributed by atoms with Gasteiger partial charge in [-0.2, -0.15) is 0 Å². The van der Waals surface area contributed by atoms with Crippen molar-refractivity contribution in [3.05, 3.63) is 18.5 Å². The Bertz CT molecular complexity index is 369. The molecule has 5 nitrogen and oxygen atoms in total. The van der Waals surface area contributed by atoms with Crippen molar-refractivity contribution in [3.8, 4) is 0 Å².